The fraction of sp³-hybridized carbons (Fsp3) is 0.500. The lowest BCUT2D eigenvalue weighted by Gasteiger charge is -2.22. The molecule has 1 unspecified atom stereocenters. The second kappa shape index (κ2) is 6.12. The molecule has 2 rings (SSSR count). The number of hydrogen-bond acceptors (Lipinski definition) is 3. The Hall–Kier alpha value is -1.46. The summed E-state index contributed by atoms with van der Waals surface area (Å²) in [6, 6.07) is 4.73. The van der Waals surface area contributed by atoms with Crippen molar-refractivity contribution < 1.29 is 9.13 Å². The second-order valence-electron chi connectivity index (χ2n) is 4.99. The summed E-state index contributed by atoms with van der Waals surface area (Å²) in [6.45, 7) is 5.10. The Morgan fingerprint density at radius 3 is 3.05 bits per heavy atom. The predicted molar refractivity (Wildman–Crippen MR) is 72.7 cm³/mol. The molecular formula is C14H20FN3O. The first-order chi connectivity index (χ1) is 9.06. The van der Waals surface area contributed by atoms with Gasteiger partial charge in [0.2, 0.25) is 0 Å². The highest BCUT2D eigenvalue weighted by Gasteiger charge is 2.16. The van der Waals surface area contributed by atoms with Crippen LogP contribution in [-0.4, -0.2) is 36.5 Å². The number of ether oxygens (including phenoxy) is 1. The van der Waals surface area contributed by atoms with Crippen LogP contribution < -0.4 is 5.73 Å². The van der Waals surface area contributed by atoms with Crippen molar-refractivity contribution in [2.24, 2.45) is 5.73 Å². The van der Waals surface area contributed by atoms with E-state index in [9.17, 15) is 4.39 Å². The second-order valence-corrected chi connectivity index (χ2v) is 4.99. The number of halogens is 1. The molecule has 0 aliphatic carbocycles. The van der Waals surface area contributed by atoms with Crippen molar-refractivity contribution in [1.29, 1.82) is 5.41 Å². The van der Waals surface area contributed by atoms with E-state index in [1.807, 2.05) is 6.92 Å². The molecule has 1 atom stereocenters. The van der Waals surface area contributed by atoms with Gasteiger partial charge >= 0.3 is 0 Å². The maximum absolute atomic E-state index is 14.0. The Kier molecular flexibility index (Phi) is 4.50. The van der Waals surface area contributed by atoms with Crippen molar-refractivity contribution >= 4 is 5.84 Å². The van der Waals surface area contributed by atoms with Crippen molar-refractivity contribution in [1.82, 2.24) is 4.90 Å². The van der Waals surface area contributed by atoms with Gasteiger partial charge in [0.15, 0.2) is 0 Å². The van der Waals surface area contributed by atoms with Crippen LogP contribution in [0.5, 0.6) is 0 Å². The van der Waals surface area contributed by atoms with E-state index in [4.69, 9.17) is 15.9 Å². The van der Waals surface area contributed by atoms with E-state index >= 15 is 0 Å². The fourth-order valence-corrected chi connectivity index (χ4v) is 2.31. The van der Waals surface area contributed by atoms with Gasteiger partial charge in [-0.2, -0.15) is 0 Å². The number of hydrogen-bond donors (Lipinski definition) is 2. The lowest BCUT2D eigenvalue weighted by molar-refractivity contribution is 0.0666. The van der Waals surface area contributed by atoms with Gasteiger partial charge in [0.1, 0.15) is 11.7 Å². The molecule has 1 aliphatic heterocycles. The average Bonchev–Trinajstić information content (AvgIpc) is 2.56. The van der Waals surface area contributed by atoms with Gasteiger partial charge in [0, 0.05) is 37.4 Å². The first-order valence-electron chi connectivity index (χ1n) is 6.53. The molecule has 0 radical (unpaired) electrons. The molecule has 3 N–H and O–H groups in total. The van der Waals surface area contributed by atoms with Crippen molar-refractivity contribution in [2.45, 2.75) is 26.0 Å². The van der Waals surface area contributed by atoms with Crippen LogP contribution in [0, 0.1) is 11.2 Å². The smallest absolute Gasteiger partial charge is 0.128 e. The number of nitrogens with two attached hydrogens (primary N) is 1. The predicted octanol–water partition coefficient (Wildman–Crippen LogP) is 1.72. The van der Waals surface area contributed by atoms with Crippen molar-refractivity contribution in [3.8, 4) is 0 Å². The minimum absolute atomic E-state index is 0.109. The Bertz CT molecular complexity index is 464. The molecule has 1 heterocycles. The van der Waals surface area contributed by atoms with Gasteiger partial charge in [-0.1, -0.05) is 12.1 Å². The zero-order valence-electron chi connectivity index (χ0n) is 11.2. The third-order valence-corrected chi connectivity index (χ3v) is 3.29. The average molecular weight is 265 g/mol. The van der Waals surface area contributed by atoms with Crippen molar-refractivity contribution in [3.05, 3.63) is 35.1 Å². The van der Waals surface area contributed by atoms with Gasteiger partial charge in [-0.05, 0) is 19.4 Å². The first kappa shape index (κ1) is 14.0. The minimum Gasteiger partial charge on any atom is -0.384 e. The maximum atomic E-state index is 14.0. The number of benzene rings is 1. The van der Waals surface area contributed by atoms with E-state index in [2.05, 4.69) is 4.90 Å². The molecule has 0 amide bonds. The molecule has 4 nitrogen and oxygen atoms in total. The summed E-state index contributed by atoms with van der Waals surface area (Å²) >= 11 is 0. The summed E-state index contributed by atoms with van der Waals surface area (Å²) in [5.74, 6) is -0.409. The Labute approximate surface area is 112 Å². The maximum Gasteiger partial charge on any atom is 0.128 e. The van der Waals surface area contributed by atoms with Gasteiger partial charge in [0.05, 0.1) is 6.10 Å². The largest absolute Gasteiger partial charge is 0.384 e. The van der Waals surface area contributed by atoms with E-state index in [1.54, 1.807) is 12.1 Å². The van der Waals surface area contributed by atoms with Gasteiger partial charge in [-0.3, -0.25) is 10.3 Å². The normalized spacial score (nSPS) is 21.1. The summed E-state index contributed by atoms with van der Waals surface area (Å²) < 4.78 is 19.5. The Morgan fingerprint density at radius 2 is 2.37 bits per heavy atom. The van der Waals surface area contributed by atoms with Gasteiger partial charge in [-0.15, -0.1) is 0 Å². The summed E-state index contributed by atoms with van der Waals surface area (Å²) in [6.07, 6.45) is 1.15. The molecule has 0 bridgehead atoms. The lowest BCUT2D eigenvalue weighted by atomic mass is 10.1. The van der Waals surface area contributed by atoms with E-state index < -0.39 is 0 Å². The molecule has 0 spiro atoms. The fourth-order valence-electron chi connectivity index (χ4n) is 2.31. The highest BCUT2D eigenvalue weighted by Crippen LogP contribution is 2.15. The molecule has 5 heteroatoms. The molecule has 0 aromatic heterocycles. The molecular weight excluding hydrogens is 245 g/mol. The highest BCUT2D eigenvalue weighted by molar-refractivity contribution is 5.94. The topological polar surface area (TPSA) is 62.3 Å². The summed E-state index contributed by atoms with van der Waals surface area (Å²) in [5.41, 5.74) is 6.41. The molecule has 1 fully saturated rings. The van der Waals surface area contributed by atoms with Crippen LogP contribution in [0.1, 0.15) is 24.5 Å². The number of rotatable bonds is 3. The van der Waals surface area contributed by atoms with Crippen LogP contribution in [0.2, 0.25) is 0 Å². The third kappa shape index (κ3) is 3.75. The van der Waals surface area contributed by atoms with Gasteiger partial charge in [-0.25, -0.2) is 4.39 Å². The minimum atomic E-state index is -0.300. The summed E-state index contributed by atoms with van der Waals surface area (Å²) in [4.78, 5) is 2.20. The van der Waals surface area contributed by atoms with E-state index in [-0.39, 0.29) is 17.8 Å². The Balaban J connectivity index is 2.07. The van der Waals surface area contributed by atoms with Crippen LogP contribution in [-0.2, 0) is 11.3 Å². The highest BCUT2D eigenvalue weighted by atomic mass is 19.1. The number of nitrogen functional groups attached to an aromatic ring is 1. The summed E-state index contributed by atoms with van der Waals surface area (Å²) in [5, 5.41) is 7.29. The zero-order chi connectivity index (χ0) is 13.8. The molecule has 1 aromatic rings. The number of nitrogens with zero attached hydrogens (tertiary/aromatic N) is 1. The number of nitrogens with one attached hydrogen (secondary N) is 1. The molecule has 1 aliphatic rings. The van der Waals surface area contributed by atoms with E-state index in [0.29, 0.717) is 17.7 Å². The first-order valence-corrected chi connectivity index (χ1v) is 6.53. The quantitative estimate of drug-likeness (QED) is 0.646. The van der Waals surface area contributed by atoms with Crippen LogP contribution in [0.4, 0.5) is 4.39 Å². The molecule has 1 saturated heterocycles. The van der Waals surface area contributed by atoms with Crippen molar-refractivity contribution in [2.75, 3.05) is 19.7 Å². The zero-order valence-corrected chi connectivity index (χ0v) is 11.2. The van der Waals surface area contributed by atoms with Crippen molar-refractivity contribution in [3.63, 3.8) is 0 Å². The summed E-state index contributed by atoms with van der Waals surface area (Å²) in [7, 11) is 0. The SMILES string of the molecule is CC1CN(Cc2ccc(C(=N)N)cc2F)CCCO1. The van der Waals surface area contributed by atoms with Gasteiger partial charge in [0.25, 0.3) is 0 Å². The third-order valence-electron chi connectivity index (χ3n) is 3.29. The monoisotopic (exact) mass is 265 g/mol. The number of amidine groups is 1. The molecule has 1 aromatic carbocycles. The standard InChI is InChI=1S/C14H20FN3O/c1-10-8-18(5-2-6-19-10)9-12-4-3-11(14(16)17)7-13(12)15/h3-4,7,10H,2,5-6,8-9H2,1H3,(H3,16,17). The lowest BCUT2D eigenvalue weighted by Crippen LogP contribution is -2.30. The van der Waals surface area contributed by atoms with Crippen LogP contribution in [0.15, 0.2) is 18.2 Å². The van der Waals surface area contributed by atoms with Gasteiger partial charge < -0.3 is 10.5 Å². The molecule has 19 heavy (non-hydrogen) atoms. The molecule has 0 saturated carbocycles. The van der Waals surface area contributed by atoms with E-state index in [1.165, 1.54) is 6.07 Å². The van der Waals surface area contributed by atoms with E-state index in [0.717, 1.165) is 26.1 Å². The Morgan fingerprint density at radius 1 is 1.58 bits per heavy atom. The van der Waals surface area contributed by atoms with Crippen LogP contribution >= 0.6 is 0 Å². The van der Waals surface area contributed by atoms with Crippen LogP contribution in [0.3, 0.4) is 0 Å². The van der Waals surface area contributed by atoms with Crippen LogP contribution in [0.25, 0.3) is 0 Å². The molecule has 104 valence electrons.